The quantitative estimate of drug-likeness (QED) is 0.741. The minimum absolute atomic E-state index is 0.0932. The van der Waals surface area contributed by atoms with Crippen molar-refractivity contribution in [2.24, 2.45) is 0 Å². The van der Waals surface area contributed by atoms with Gasteiger partial charge in [-0.15, -0.1) is 0 Å². The Morgan fingerprint density at radius 1 is 1.14 bits per heavy atom. The third-order valence-electron chi connectivity index (χ3n) is 4.77. The van der Waals surface area contributed by atoms with Crippen LogP contribution in [0.25, 0.3) is 11.5 Å². The summed E-state index contributed by atoms with van der Waals surface area (Å²) in [5.74, 6) is 0.148. The molecular formula is C19H19FN6O2. The molecule has 1 aromatic carbocycles. The number of aromatic nitrogens is 4. The molecule has 0 spiro atoms. The second kappa shape index (κ2) is 7.71. The average Bonchev–Trinajstić information content (AvgIpc) is 3.06. The van der Waals surface area contributed by atoms with Crippen LogP contribution in [0.3, 0.4) is 0 Å². The van der Waals surface area contributed by atoms with Crippen molar-refractivity contribution >= 4 is 11.7 Å². The molecule has 0 bridgehead atoms. The number of anilines is 1. The van der Waals surface area contributed by atoms with Gasteiger partial charge in [0.1, 0.15) is 5.82 Å². The summed E-state index contributed by atoms with van der Waals surface area (Å²) in [6.07, 6.45) is 6.39. The molecule has 0 saturated carbocycles. The molecule has 144 valence electrons. The molecular weight excluding hydrogens is 363 g/mol. The van der Waals surface area contributed by atoms with Gasteiger partial charge in [0.05, 0.1) is 6.04 Å². The Bertz CT molecular complexity index is 975. The van der Waals surface area contributed by atoms with E-state index < -0.39 is 0 Å². The third kappa shape index (κ3) is 3.55. The number of likely N-dealkylation sites (tertiary alicyclic amines) is 1. The number of hydrogen-bond donors (Lipinski definition) is 1. The molecule has 2 aromatic heterocycles. The lowest BCUT2D eigenvalue weighted by molar-refractivity contribution is 0.0665. The van der Waals surface area contributed by atoms with Gasteiger partial charge < -0.3 is 15.2 Å². The minimum atomic E-state index is -0.352. The number of hydrogen-bond acceptors (Lipinski definition) is 7. The lowest BCUT2D eigenvalue weighted by Gasteiger charge is -2.27. The molecule has 2 N–H and O–H groups in total. The zero-order valence-corrected chi connectivity index (χ0v) is 15.1. The highest BCUT2D eigenvalue weighted by Gasteiger charge is 2.32. The van der Waals surface area contributed by atoms with E-state index >= 15 is 0 Å². The fourth-order valence-corrected chi connectivity index (χ4v) is 3.35. The van der Waals surface area contributed by atoms with Crippen LogP contribution < -0.4 is 5.73 Å². The number of rotatable bonds is 3. The molecule has 0 aliphatic carbocycles. The van der Waals surface area contributed by atoms with E-state index in [0.29, 0.717) is 24.4 Å². The summed E-state index contributed by atoms with van der Waals surface area (Å²) in [4.78, 5) is 27.3. The Morgan fingerprint density at radius 3 is 2.71 bits per heavy atom. The van der Waals surface area contributed by atoms with Crippen LogP contribution in [-0.2, 0) is 0 Å². The molecule has 9 heteroatoms. The van der Waals surface area contributed by atoms with Crippen molar-refractivity contribution in [3.8, 4) is 11.5 Å². The molecule has 1 amide bonds. The minimum Gasteiger partial charge on any atom is -0.382 e. The van der Waals surface area contributed by atoms with E-state index in [2.05, 4.69) is 20.1 Å². The van der Waals surface area contributed by atoms with Crippen LogP contribution in [0.15, 0.2) is 41.2 Å². The zero-order chi connectivity index (χ0) is 19.5. The van der Waals surface area contributed by atoms with E-state index in [1.807, 2.05) is 0 Å². The topological polar surface area (TPSA) is 111 Å². The number of nitrogens with two attached hydrogens (primary N) is 1. The van der Waals surface area contributed by atoms with Crippen molar-refractivity contribution in [1.82, 2.24) is 25.0 Å². The van der Waals surface area contributed by atoms with Crippen LogP contribution in [0.1, 0.15) is 48.0 Å². The summed E-state index contributed by atoms with van der Waals surface area (Å²) < 4.78 is 18.5. The van der Waals surface area contributed by atoms with Gasteiger partial charge in [-0.1, -0.05) is 18.0 Å². The highest BCUT2D eigenvalue weighted by atomic mass is 19.1. The smallest absolute Gasteiger partial charge is 0.276 e. The maximum atomic E-state index is 13.1. The first-order valence-electron chi connectivity index (χ1n) is 9.10. The molecule has 3 heterocycles. The molecule has 4 rings (SSSR count). The Hall–Kier alpha value is -3.36. The molecule has 1 atom stereocenters. The second-order valence-corrected chi connectivity index (χ2v) is 6.62. The molecule has 8 nitrogen and oxygen atoms in total. The van der Waals surface area contributed by atoms with Crippen molar-refractivity contribution in [2.45, 2.75) is 31.7 Å². The molecule has 1 aliphatic heterocycles. The standard InChI is InChI=1S/C19H19FN6O2/c20-13-7-5-12(6-8-13)18-24-17(25-28-18)14-4-2-1-3-11-26(14)19(27)15-16(21)23-10-9-22-15/h5-10,14H,1-4,11H2,(H2,21,23)/t14-/m0/s1. The molecule has 0 radical (unpaired) electrons. The first-order valence-corrected chi connectivity index (χ1v) is 9.10. The van der Waals surface area contributed by atoms with Gasteiger partial charge in [-0.05, 0) is 37.1 Å². The van der Waals surface area contributed by atoms with E-state index in [9.17, 15) is 9.18 Å². The predicted octanol–water partition coefficient (Wildman–Crippen LogP) is 3.01. The normalized spacial score (nSPS) is 17.3. The summed E-state index contributed by atoms with van der Waals surface area (Å²) in [5.41, 5.74) is 6.58. The number of carbonyl (C=O) groups is 1. The Kier molecular flexibility index (Phi) is 4.96. The van der Waals surface area contributed by atoms with Crippen molar-refractivity contribution in [3.05, 3.63) is 54.0 Å². The lowest BCUT2D eigenvalue weighted by atomic mass is 10.1. The fraction of sp³-hybridized carbons (Fsp3) is 0.316. The van der Waals surface area contributed by atoms with E-state index in [1.54, 1.807) is 17.0 Å². The summed E-state index contributed by atoms with van der Waals surface area (Å²) in [7, 11) is 0. The van der Waals surface area contributed by atoms with Gasteiger partial charge in [-0.2, -0.15) is 4.98 Å². The van der Waals surface area contributed by atoms with Crippen LogP contribution in [0.2, 0.25) is 0 Å². The van der Waals surface area contributed by atoms with E-state index in [4.69, 9.17) is 10.3 Å². The van der Waals surface area contributed by atoms with Crippen molar-refractivity contribution in [1.29, 1.82) is 0 Å². The number of halogens is 1. The zero-order valence-electron chi connectivity index (χ0n) is 15.1. The summed E-state index contributed by atoms with van der Waals surface area (Å²) in [6, 6.07) is 5.45. The van der Waals surface area contributed by atoms with Crippen molar-refractivity contribution in [2.75, 3.05) is 12.3 Å². The number of nitrogen functional groups attached to an aromatic ring is 1. The predicted molar refractivity (Wildman–Crippen MR) is 98.4 cm³/mol. The van der Waals surface area contributed by atoms with Gasteiger partial charge in [0.15, 0.2) is 17.3 Å². The van der Waals surface area contributed by atoms with Crippen LogP contribution >= 0.6 is 0 Å². The van der Waals surface area contributed by atoms with E-state index in [-0.39, 0.29) is 35.2 Å². The summed E-state index contributed by atoms with van der Waals surface area (Å²) in [5, 5.41) is 4.09. The summed E-state index contributed by atoms with van der Waals surface area (Å²) >= 11 is 0. The molecule has 28 heavy (non-hydrogen) atoms. The number of amides is 1. The van der Waals surface area contributed by atoms with Crippen LogP contribution in [0, 0.1) is 5.82 Å². The fourth-order valence-electron chi connectivity index (χ4n) is 3.35. The summed E-state index contributed by atoms with van der Waals surface area (Å²) in [6.45, 7) is 0.542. The van der Waals surface area contributed by atoms with Gasteiger partial charge in [0.25, 0.3) is 11.8 Å². The Balaban J connectivity index is 1.65. The van der Waals surface area contributed by atoms with Crippen LogP contribution in [0.4, 0.5) is 10.2 Å². The van der Waals surface area contributed by atoms with E-state index in [0.717, 1.165) is 19.3 Å². The molecule has 1 saturated heterocycles. The highest BCUT2D eigenvalue weighted by molar-refractivity contribution is 5.96. The maximum Gasteiger partial charge on any atom is 0.276 e. The van der Waals surface area contributed by atoms with E-state index in [1.165, 1.54) is 24.5 Å². The van der Waals surface area contributed by atoms with Gasteiger partial charge >= 0.3 is 0 Å². The monoisotopic (exact) mass is 382 g/mol. The van der Waals surface area contributed by atoms with Gasteiger partial charge in [0, 0.05) is 24.5 Å². The van der Waals surface area contributed by atoms with Crippen molar-refractivity contribution in [3.63, 3.8) is 0 Å². The largest absolute Gasteiger partial charge is 0.382 e. The second-order valence-electron chi connectivity index (χ2n) is 6.62. The molecule has 0 unspecified atom stereocenters. The highest BCUT2D eigenvalue weighted by Crippen LogP contribution is 2.31. The Morgan fingerprint density at radius 2 is 1.93 bits per heavy atom. The molecule has 1 aliphatic rings. The first-order chi connectivity index (χ1) is 13.6. The third-order valence-corrected chi connectivity index (χ3v) is 4.77. The SMILES string of the molecule is Nc1nccnc1C(=O)N1CCCCC[C@H]1c1noc(-c2ccc(F)cc2)n1. The lowest BCUT2D eigenvalue weighted by Crippen LogP contribution is -2.36. The number of carbonyl (C=O) groups excluding carboxylic acids is 1. The number of nitrogens with zero attached hydrogens (tertiary/aromatic N) is 5. The van der Waals surface area contributed by atoms with Crippen molar-refractivity contribution < 1.29 is 13.7 Å². The van der Waals surface area contributed by atoms with Crippen LogP contribution in [0.5, 0.6) is 0 Å². The van der Waals surface area contributed by atoms with Gasteiger partial charge in [-0.25, -0.2) is 14.4 Å². The van der Waals surface area contributed by atoms with Gasteiger partial charge in [0.2, 0.25) is 0 Å². The Labute approximate surface area is 160 Å². The molecule has 3 aromatic rings. The maximum absolute atomic E-state index is 13.1. The molecule has 1 fully saturated rings. The van der Waals surface area contributed by atoms with Crippen LogP contribution in [-0.4, -0.2) is 37.5 Å². The number of benzene rings is 1. The first kappa shape index (κ1) is 18.0. The van der Waals surface area contributed by atoms with Gasteiger partial charge in [-0.3, -0.25) is 4.79 Å². The average molecular weight is 382 g/mol.